The van der Waals surface area contributed by atoms with Crippen LogP contribution in [-0.4, -0.2) is 62.0 Å². The number of carbonyl (C=O) groups excluding carboxylic acids is 2. The van der Waals surface area contributed by atoms with E-state index in [1.54, 1.807) is 11.0 Å². The molecule has 2 heterocycles. The summed E-state index contributed by atoms with van der Waals surface area (Å²) in [4.78, 5) is 30.8. The highest BCUT2D eigenvalue weighted by atomic mass is 19.1. The van der Waals surface area contributed by atoms with Crippen molar-refractivity contribution >= 4 is 23.2 Å². The topological polar surface area (TPSA) is 55.9 Å². The summed E-state index contributed by atoms with van der Waals surface area (Å²) in [6.07, 6.45) is 0.545. The van der Waals surface area contributed by atoms with Crippen LogP contribution in [0.4, 0.5) is 15.8 Å². The van der Waals surface area contributed by atoms with Crippen molar-refractivity contribution < 1.29 is 14.0 Å². The monoisotopic (exact) mass is 410 g/mol. The van der Waals surface area contributed by atoms with Crippen LogP contribution in [0.25, 0.3) is 0 Å². The number of fused-ring (bicyclic) bond motifs is 1. The summed E-state index contributed by atoms with van der Waals surface area (Å²) in [6, 6.07) is 14.0. The number of piperazine rings is 1. The number of rotatable bonds is 5. The first-order valence-corrected chi connectivity index (χ1v) is 10.4. The lowest BCUT2D eigenvalue weighted by Gasteiger charge is -2.36. The first kappa shape index (κ1) is 20.3. The molecule has 2 aliphatic rings. The fraction of sp³-hybridized carbons (Fsp3) is 0.391. The quantitative estimate of drug-likeness (QED) is 0.820. The Morgan fingerprint density at radius 1 is 1.00 bits per heavy atom. The van der Waals surface area contributed by atoms with Crippen molar-refractivity contribution in [2.24, 2.45) is 0 Å². The largest absolute Gasteiger partial charge is 0.367 e. The molecule has 158 valence electrons. The number of halogens is 1. The molecule has 2 amide bonds. The molecule has 0 spiro atoms. The molecule has 2 aliphatic heterocycles. The van der Waals surface area contributed by atoms with Gasteiger partial charge in [-0.3, -0.25) is 19.4 Å². The molecule has 30 heavy (non-hydrogen) atoms. The maximum atomic E-state index is 14.0. The first-order valence-electron chi connectivity index (χ1n) is 10.4. The molecule has 1 atom stereocenters. The molecule has 4 rings (SSSR count). The molecule has 6 nitrogen and oxygen atoms in total. The molecular formula is C23H27FN4O2. The highest BCUT2D eigenvalue weighted by Gasteiger charge is 2.36. The Morgan fingerprint density at radius 2 is 1.67 bits per heavy atom. The van der Waals surface area contributed by atoms with E-state index in [1.165, 1.54) is 13.0 Å². The van der Waals surface area contributed by atoms with Gasteiger partial charge < -0.3 is 10.2 Å². The molecule has 0 bridgehead atoms. The van der Waals surface area contributed by atoms with Crippen molar-refractivity contribution in [3.63, 3.8) is 0 Å². The van der Waals surface area contributed by atoms with Crippen LogP contribution in [0.3, 0.4) is 0 Å². The van der Waals surface area contributed by atoms with Gasteiger partial charge in [0.1, 0.15) is 11.9 Å². The number of benzene rings is 2. The number of amides is 2. The molecule has 0 aromatic heterocycles. The Kier molecular flexibility index (Phi) is 5.99. The Morgan fingerprint density at radius 3 is 2.37 bits per heavy atom. The zero-order chi connectivity index (χ0) is 21.1. The van der Waals surface area contributed by atoms with E-state index >= 15 is 0 Å². The summed E-state index contributed by atoms with van der Waals surface area (Å²) in [5, 5.41) is 3.00. The van der Waals surface area contributed by atoms with Crippen molar-refractivity contribution in [1.29, 1.82) is 0 Å². The third-order valence-electron chi connectivity index (χ3n) is 5.91. The minimum atomic E-state index is -0.488. The molecule has 0 aliphatic carbocycles. The highest BCUT2D eigenvalue weighted by molar-refractivity contribution is 6.02. The summed E-state index contributed by atoms with van der Waals surface area (Å²) >= 11 is 0. The number of nitrogens with one attached hydrogen (secondary N) is 1. The Bertz CT molecular complexity index is 927. The fourth-order valence-corrected chi connectivity index (χ4v) is 4.36. The molecule has 0 radical (unpaired) electrons. The Balaban J connectivity index is 1.26. The molecule has 2 aromatic rings. The van der Waals surface area contributed by atoms with E-state index in [-0.39, 0.29) is 17.6 Å². The van der Waals surface area contributed by atoms with E-state index in [0.29, 0.717) is 18.7 Å². The molecule has 7 heteroatoms. The lowest BCUT2D eigenvalue weighted by Crippen LogP contribution is -2.51. The maximum absolute atomic E-state index is 14.0. The fourth-order valence-electron chi connectivity index (χ4n) is 4.36. The lowest BCUT2D eigenvalue weighted by molar-refractivity contribution is -0.125. The van der Waals surface area contributed by atoms with Crippen molar-refractivity contribution in [2.75, 3.05) is 49.1 Å². The lowest BCUT2D eigenvalue weighted by atomic mass is 10.1. The second-order valence-corrected chi connectivity index (χ2v) is 7.81. The summed E-state index contributed by atoms with van der Waals surface area (Å²) in [7, 11) is 0. The van der Waals surface area contributed by atoms with E-state index in [9.17, 15) is 14.0 Å². The van der Waals surface area contributed by atoms with E-state index in [2.05, 4.69) is 15.1 Å². The normalized spacial score (nSPS) is 18.9. The molecule has 1 saturated heterocycles. The minimum Gasteiger partial charge on any atom is -0.367 e. The van der Waals surface area contributed by atoms with Crippen LogP contribution in [0.5, 0.6) is 0 Å². The maximum Gasteiger partial charge on any atom is 0.243 e. The van der Waals surface area contributed by atoms with Gasteiger partial charge in [0.25, 0.3) is 0 Å². The number of anilines is 2. The van der Waals surface area contributed by atoms with Gasteiger partial charge >= 0.3 is 0 Å². The number of hydrogen-bond donors (Lipinski definition) is 1. The number of carbonyl (C=O) groups is 2. The van der Waals surface area contributed by atoms with Crippen molar-refractivity contribution in [3.8, 4) is 0 Å². The highest BCUT2D eigenvalue weighted by Crippen LogP contribution is 2.32. The summed E-state index contributed by atoms with van der Waals surface area (Å²) in [6.45, 7) is 5.90. The van der Waals surface area contributed by atoms with Crippen LogP contribution in [-0.2, 0) is 16.0 Å². The van der Waals surface area contributed by atoms with Crippen LogP contribution in [0, 0.1) is 5.82 Å². The van der Waals surface area contributed by atoms with Crippen molar-refractivity contribution in [2.45, 2.75) is 19.4 Å². The van der Waals surface area contributed by atoms with E-state index in [4.69, 9.17) is 0 Å². The molecule has 1 N–H and O–H groups in total. The SMILES string of the molecule is CC(=O)N1c2ccccc2C[C@H]1C(=O)NCCN1CCN(c2ccccc2F)CC1. The Hall–Kier alpha value is -2.93. The van der Waals surface area contributed by atoms with E-state index in [1.807, 2.05) is 36.4 Å². The molecule has 1 fully saturated rings. The van der Waals surface area contributed by atoms with E-state index < -0.39 is 6.04 Å². The van der Waals surface area contributed by atoms with Gasteiger partial charge in [0, 0.05) is 58.3 Å². The van der Waals surface area contributed by atoms with Crippen LogP contribution in [0.2, 0.25) is 0 Å². The van der Waals surface area contributed by atoms with Gasteiger partial charge in [-0.25, -0.2) is 4.39 Å². The van der Waals surface area contributed by atoms with Gasteiger partial charge in [0.15, 0.2) is 0 Å². The first-order chi connectivity index (χ1) is 14.5. The number of nitrogens with zero attached hydrogens (tertiary/aromatic N) is 3. The van der Waals surface area contributed by atoms with Crippen molar-refractivity contribution in [3.05, 3.63) is 59.9 Å². The van der Waals surface area contributed by atoms with Crippen LogP contribution >= 0.6 is 0 Å². The predicted octanol–water partition coefficient (Wildman–Crippen LogP) is 2.04. The third kappa shape index (κ3) is 4.16. The van der Waals surface area contributed by atoms with Gasteiger partial charge in [0.05, 0.1) is 5.69 Å². The van der Waals surface area contributed by atoms with Crippen molar-refractivity contribution in [1.82, 2.24) is 10.2 Å². The average molecular weight is 410 g/mol. The summed E-state index contributed by atoms with van der Waals surface area (Å²) in [5.41, 5.74) is 2.50. The number of hydrogen-bond acceptors (Lipinski definition) is 4. The smallest absolute Gasteiger partial charge is 0.243 e. The van der Waals surface area contributed by atoms with Crippen LogP contribution in [0.1, 0.15) is 12.5 Å². The van der Waals surface area contributed by atoms with Gasteiger partial charge in [-0.1, -0.05) is 30.3 Å². The zero-order valence-corrected chi connectivity index (χ0v) is 17.2. The minimum absolute atomic E-state index is 0.119. The number of para-hydroxylation sites is 2. The van der Waals surface area contributed by atoms with Crippen LogP contribution < -0.4 is 15.1 Å². The summed E-state index contributed by atoms with van der Waals surface area (Å²) < 4.78 is 14.0. The molecule has 0 unspecified atom stereocenters. The van der Waals surface area contributed by atoms with Crippen LogP contribution in [0.15, 0.2) is 48.5 Å². The molecule has 0 saturated carbocycles. The van der Waals surface area contributed by atoms with Gasteiger partial charge in [0.2, 0.25) is 11.8 Å². The van der Waals surface area contributed by atoms with Gasteiger partial charge in [-0.2, -0.15) is 0 Å². The standard InChI is InChI=1S/C23H27FN4O2/c1-17(29)28-20-8-4-2-6-18(20)16-22(28)23(30)25-10-11-26-12-14-27(15-13-26)21-9-5-3-7-19(21)24/h2-9,22H,10-16H2,1H3,(H,25,30)/t22-/m0/s1. The molecule has 2 aromatic carbocycles. The Labute approximate surface area is 176 Å². The summed E-state index contributed by atoms with van der Waals surface area (Å²) in [5.74, 6) is -0.429. The van der Waals surface area contributed by atoms with E-state index in [0.717, 1.165) is 44.0 Å². The predicted molar refractivity (Wildman–Crippen MR) is 115 cm³/mol. The van der Waals surface area contributed by atoms with Gasteiger partial charge in [-0.15, -0.1) is 0 Å². The van der Waals surface area contributed by atoms with Gasteiger partial charge in [-0.05, 0) is 23.8 Å². The second-order valence-electron chi connectivity index (χ2n) is 7.81. The average Bonchev–Trinajstić information content (AvgIpc) is 3.15. The molecular weight excluding hydrogens is 383 g/mol. The third-order valence-corrected chi connectivity index (χ3v) is 5.91. The zero-order valence-electron chi connectivity index (χ0n) is 17.2. The second kappa shape index (κ2) is 8.83.